The monoisotopic (exact) mass is 574 g/mol. The lowest BCUT2D eigenvalue weighted by Gasteiger charge is -2.12. The average Bonchev–Trinajstić information content (AvgIpc) is 2.95. The number of unbranched alkanes of at least 4 members (excludes halogenated alkanes) is 6. The zero-order valence-corrected chi connectivity index (χ0v) is 26.1. The largest absolute Gasteiger partial charge is 0.463 e. The van der Waals surface area contributed by atoms with E-state index in [1.807, 2.05) is 19.1 Å². The van der Waals surface area contributed by atoms with Gasteiger partial charge in [-0.1, -0.05) is 120 Å². The van der Waals surface area contributed by atoms with Crippen molar-refractivity contribution in [1.82, 2.24) is 0 Å². The topological polar surface area (TPSA) is 93.1 Å². The third-order valence-corrected chi connectivity index (χ3v) is 6.35. The van der Waals surface area contributed by atoms with Crippen molar-refractivity contribution in [2.24, 2.45) is 5.92 Å². The van der Waals surface area contributed by atoms with Crippen LogP contribution in [-0.4, -0.2) is 47.6 Å². The Hall–Kier alpha value is -2.44. The molecule has 0 aliphatic heterocycles. The second-order valence-corrected chi connectivity index (χ2v) is 10.9. The van der Waals surface area contributed by atoms with Gasteiger partial charge in [0, 0.05) is 12.8 Å². The van der Waals surface area contributed by atoms with Gasteiger partial charge in [-0.15, -0.1) is 0 Å². The zero-order chi connectivity index (χ0) is 30.4. The first-order valence-corrected chi connectivity index (χ1v) is 15.8. The van der Waals surface area contributed by atoms with E-state index in [2.05, 4.69) is 56.4 Å². The first-order chi connectivity index (χ1) is 19.8. The van der Waals surface area contributed by atoms with Crippen LogP contribution in [0.1, 0.15) is 117 Å². The first-order valence-electron chi connectivity index (χ1n) is 15.8. The molecule has 6 nitrogen and oxygen atoms in total. The van der Waals surface area contributed by atoms with E-state index < -0.39 is 6.10 Å². The molecule has 0 aromatic heterocycles. The van der Waals surface area contributed by atoms with E-state index in [0.29, 0.717) is 19.3 Å². The summed E-state index contributed by atoms with van der Waals surface area (Å²) in [5.41, 5.74) is 0. The molecule has 0 heterocycles. The van der Waals surface area contributed by atoms with Gasteiger partial charge in [-0.3, -0.25) is 9.59 Å². The minimum Gasteiger partial charge on any atom is -0.463 e. The highest BCUT2D eigenvalue weighted by atomic mass is 16.6. The number of carbonyl (C=O) groups is 2. The van der Waals surface area contributed by atoms with Crippen molar-refractivity contribution in [3.05, 3.63) is 60.8 Å². The lowest BCUT2D eigenvalue weighted by molar-refractivity contribution is -0.152. The molecule has 0 bridgehead atoms. The Morgan fingerprint density at radius 3 is 1.76 bits per heavy atom. The highest BCUT2D eigenvalue weighted by Crippen LogP contribution is 2.12. The number of rotatable bonds is 26. The molecule has 0 aliphatic carbocycles. The zero-order valence-electron chi connectivity index (χ0n) is 26.1. The highest BCUT2D eigenvalue weighted by Gasteiger charge is 2.11. The van der Waals surface area contributed by atoms with Gasteiger partial charge in [-0.05, 0) is 50.9 Å². The minimum absolute atomic E-state index is 0.146. The molecule has 0 radical (unpaired) electrons. The predicted molar refractivity (Wildman–Crippen MR) is 169 cm³/mol. The Morgan fingerprint density at radius 1 is 0.659 bits per heavy atom. The van der Waals surface area contributed by atoms with Crippen molar-refractivity contribution in [1.29, 1.82) is 0 Å². The summed E-state index contributed by atoms with van der Waals surface area (Å²) in [4.78, 5) is 23.7. The summed E-state index contributed by atoms with van der Waals surface area (Å²) >= 11 is 0. The summed E-state index contributed by atoms with van der Waals surface area (Å²) in [7, 11) is 0. The van der Waals surface area contributed by atoms with E-state index in [-0.39, 0.29) is 31.3 Å². The maximum absolute atomic E-state index is 11.9. The van der Waals surface area contributed by atoms with E-state index >= 15 is 0 Å². The number of hydrogen-bond donors (Lipinski definition) is 2. The van der Waals surface area contributed by atoms with Crippen LogP contribution < -0.4 is 0 Å². The van der Waals surface area contributed by atoms with E-state index in [1.54, 1.807) is 6.08 Å². The molecule has 0 saturated heterocycles. The number of ether oxygens (including phenoxy) is 2. The van der Waals surface area contributed by atoms with E-state index in [0.717, 1.165) is 57.3 Å². The molecule has 2 N–H and O–H groups in total. The fourth-order valence-electron chi connectivity index (χ4n) is 3.78. The summed E-state index contributed by atoms with van der Waals surface area (Å²) in [6.45, 7) is 6.14. The number of allylic oxidation sites excluding steroid dienone is 9. The van der Waals surface area contributed by atoms with E-state index in [4.69, 9.17) is 9.47 Å². The van der Waals surface area contributed by atoms with Gasteiger partial charge in [0.1, 0.15) is 19.3 Å². The predicted octanol–water partition coefficient (Wildman–Crippen LogP) is 8.10. The Bertz CT molecular complexity index is 778. The van der Waals surface area contributed by atoms with Gasteiger partial charge in [0.2, 0.25) is 0 Å². The SMILES string of the molecule is CC[C@H](O)/C=C/C=C\C/C=C\C/C=C\C/C=C\CCCC(=O)OC[C@H](O)COC(=O)CCCCCCCCC(C)C. The van der Waals surface area contributed by atoms with Crippen molar-refractivity contribution in [3.63, 3.8) is 0 Å². The standard InChI is InChI=1S/C35H58O6/c1-4-32(36)26-22-18-13-11-9-7-5-6-8-10-12-14-19-23-27-34(38)40-29-33(37)30-41-35(39)28-24-20-16-15-17-21-25-31(2)3/h6-9,12-14,18,22,26,31-33,36-37H,4-5,10-11,15-17,19-21,23-25,27-30H2,1-3H3/b8-6-,9-7-,14-12-,18-13-,26-22+/t32-,33-/m0/s1. The van der Waals surface area contributed by atoms with Crippen molar-refractivity contribution in [3.8, 4) is 0 Å². The molecule has 0 saturated carbocycles. The van der Waals surface area contributed by atoms with Crippen LogP contribution in [0.4, 0.5) is 0 Å². The second-order valence-electron chi connectivity index (χ2n) is 10.9. The second kappa shape index (κ2) is 29.1. The minimum atomic E-state index is -0.996. The summed E-state index contributed by atoms with van der Waals surface area (Å²) < 4.78 is 10.2. The molecule has 0 rings (SSSR count). The Labute approximate surface area is 250 Å². The molecule has 2 atom stereocenters. The van der Waals surface area contributed by atoms with Gasteiger partial charge in [0.15, 0.2) is 0 Å². The Morgan fingerprint density at radius 2 is 1.17 bits per heavy atom. The van der Waals surface area contributed by atoms with Crippen LogP contribution in [0.15, 0.2) is 60.8 Å². The van der Waals surface area contributed by atoms with Gasteiger partial charge in [-0.2, -0.15) is 0 Å². The van der Waals surface area contributed by atoms with Crippen molar-refractivity contribution < 1.29 is 29.3 Å². The van der Waals surface area contributed by atoms with Crippen LogP contribution in [0.25, 0.3) is 0 Å². The molecular weight excluding hydrogens is 516 g/mol. The van der Waals surface area contributed by atoms with Gasteiger partial charge < -0.3 is 19.7 Å². The van der Waals surface area contributed by atoms with Gasteiger partial charge in [-0.25, -0.2) is 0 Å². The van der Waals surface area contributed by atoms with E-state index in [1.165, 1.54) is 25.7 Å². The normalized spacial score (nSPS) is 13.9. The third-order valence-electron chi connectivity index (χ3n) is 6.35. The molecule has 234 valence electrons. The van der Waals surface area contributed by atoms with Gasteiger partial charge in [0.25, 0.3) is 0 Å². The molecule has 0 aromatic carbocycles. The molecule has 6 heteroatoms. The van der Waals surface area contributed by atoms with Crippen molar-refractivity contribution in [2.75, 3.05) is 13.2 Å². The molecule has 0 aromatic rings. The van der Waals surface area contributed by atoms with Crippen molar-refractivity contribution >= 4 is 11.9 Å². The molecule has 0 aliphatic rings. The molecule has 0 unspecified atom stereocenters. The number of aliphatic hydroxyl groups is 2. The Balaban J connectivity index is 3.65. The van der Waals surface area contributed by atoms with E-state index in [9.17, 15) is 19.8 Å². The number of aliphatic hydroxyl groups excluding tert-OH is 2. The average molecular weight is 575 g/mol. The van der Waals surface area contributed by atoms with Crippen molar-refractivity contribution in [2.45, 2.75) is 129 Å². The molecular formula is C35H58O6. The fourth-order valence-corrected chi connectivity index (χ4v) is 3.78. The summed E-state index contributed by atoms with van der Waals surface area (Å²) in [5.74, 6) is 0.104. The number of hydrogen-bond acceptors (Lipinski definition) is 6. The van der Waals surface area contributed by atoms with Crippen LogP contribution in [0.2, 0.25) is 0 Å². The maximum atomic E-state index is 11.9. The fraction of sp³-hybridized carbons (Fsp3) is 0.657. The van der Waals surface area contributed by atoms with Crippen LogP contribution in [0, 0.1) is 5.92 Å². The summed E-state index contributed by atoms with van der Waals surface area (Å²) in [6, 6.07) is 0. The molecule has 0 fully saturated rings. The van der Waals surface area contributed by atoms with Gasteiger partial charge in [0.05, 0.1) is 6.10 Å². The lowest BCUT2D eigenvalue weighted by atomic mass is 10.0. The molecule has 41 heavy (non-hydrogen) atoms. The van der Waals surface area contributed by atoms with Crippen LogP contribution in [-0.2, 0) is 19.1 Å². The third kappa shape index (κ3) is 30.3. The molecule has 0 spiro atoms. The van der Waals surface area contributed by atoms with Crippen LogP contribution in [0.3, 0.4) is 0 Å². The Kier molecular flexibility index (Phi) is 27.3. The summed E-state index contributed by atoms with van der Waals surface area (Å²) in [6.07, 6.45) is 32.4. The number of carbonyl (C=O) groups excluding carboxylic acids is 2. The lowest BCUT2D eigenvalue weighted by Crippen LogP contribution is -2.25. The molecule has 0 amide bonds. The van der Waals surface area contributed by atoms with Gasteiger partial charge >= 0.3 is 11.9 Å². The quantitative estimate of drug-likeness (QED) is 0.0469. The first kappa shape index (κ1) is 38.6. The smallest absolute Gasteiger partial charge is 0.305 e. The maximum Gasteiger partial charge on any atom is 0.305 e. The number of esters is 2. The summed E-state index contributed by atoms with van der Waals surface area (Å²) in [5, 5.41) is 19.3. The highest BCUT2D eigenvalue weighted by molar-refractivity contribution is 5.69. The van der Waals surface area contributed by atoms with Crippen LogP contribution in [0.5, 0.6) is 0 Å². The van der Waals surface area contributed by atoms with Crippen LogP contribution >= 0.6 is 0 Å².